The average Bonchev–Trinajstić information content (AvgIpc) is 2.19. The van der Waals surface area contributed by atoms with E-state index in [2.05, 4.69) is 37.0 Å². The van der Waals surface area contributed by atoms with Crippen LogP contribution < -0.4 is 0 Å². The second-order valence-electron chi connectivity index (χ2n) is 3.98. The van der Waals surface area contributed by atoms with Crippen LogP contribution in [0.5, 0.6) is 0 Å². The molecule has 0 bridgehead atoms. The minimum atomic E-state index is 0.676. The van der Waals surface area contributed by atoms with Crippen LogP contribution in [0.2, 0.25) is 0 Å². The Kier molecular flexibility index (Phi) is 2.49. The van der Waals surface area contributed by atoms with Gasteiger partial charge in [-0.2, -0.15) is 0 Å². The molecule has 1 unspecified atom stereocenters. The van der Waals surface area contributed by atoms with E-state index >= 15 is 0 Å². The first-order valence-corrected chi connectivity index (χ1v) is 5.05. The average molecular weight is 185 g/mol. The van der Waals surface area contributed by atoms with Crippen molar-refractivity contribution in [1.29, 1.82) is 0 Å². The summed E-state index contributed by atoms with van der Waals surface area (Å²) in [5.74, 6) is 0.676. The molecule has 0 spiro atoms. The summed E-state index contributed by atoms with van der Waals surface area (Å²) in [5, 5.41) is 0. The van der Waals surface area contributed by atoms with Crippen LogP contribution in [0.3, 0.4) is 0 Å². The smallest absolute Gasteiger partial charge is 0.0346 e. The van der Waals surface area contributed by atoms with E-state index in [1.54, 1.807) is 0 Å². The van der Waals surface area contributed by atoms with Gasteiger partial charge in [0.2, 0.25) is 0 Å². The molecule has 1 aromatic rings. The van der Waals surface area contributed by atoms with Crippen molar-refractivity contribution in [2.24, 2.45) is 5.92 Å². The van der Waals surface area contributed by atoms with Crippen LogP contribution in [0.1, 0.15) is 25.8 Å². The zero-order valence-electron chi connectivity index (χ0n) is 8.70. The predicted octanol–water partition coefficient (Wildman–Crippen LogP) is 3.45. The Morgan fingerprint density at radius 1 is 1.43 bits per heavy atom. The number of allylic oxidation sites excluding steroid dienone is 4. The van der Waals surface area contributed by atoms with Gasteiger partial charge in [-0.15, -0.1) is 0 Å². The molecule has 14 heavy (non-hydrogen) atoms. The van der Waals surface area contributed by atoms with Gasteiger partial charge >= 0.3 is 0 Å². The van der Waals surface area contributed by atoms with Gasteiger partial charge in [0.15, 0.2) is 0 Å². The molecule has 1 aliphatic carbocycles. The zero-order valence-corrected chi connectivity index (χ0v) is 8.70. The van der Waals surface area contributed by atoms with Gasteiger partial charge in [-0.25, -0.2) is 0 Å². The van der Waals surface area contributed by atoms with Crippen molar-refractivity contribution in [3.05, 3.63) is 47.8 Å². The summed E-state index contributed by atoms with van der Waals surface area (Å²) >= 11 is 0. The lowest BCUT2D eigenvalue weighted by Crippen LogP contribution is -1.99. The van der Waals surface area contributed by atoms with Crippen molar-refractivity contribution in [3.63, 3.8) is 0 Å². The van der Waals surface area contributed by atoms with E-state index in [1.807, 2.05) is 18.5 Å². The number of rotatable bonds is 1. The van der Waals surface area contributed by atoms with Crippen LogP contribution in [0.4, 0.5) is 0 Å². The number of pyridine rings is 1. The maximum Gasteiger partial charge on any atom is 0.0346 e. The molecule has 0 saturated carbocycles. The first-order chi connectivity index (χ1) is 6.77. The third kappa shape index (κ3) is 1.77. The molecule has 72 valence electrons. The van der Waals surface area contributed by atoms with Crippen LogP contribution >= 0.6 is 0 Å². The lowest BCUT2D eigenvalue weighted by Gasteiger charge is -2.17. The molecule has 1 heterocycles. The number of nitrogens with zero attached hydrogens (tertiary/aromatic N) is 1. The van der Waals surface area contributed by atoms with Crippen molar-refractivity contribution in [2.75, 3.05) is 0 Å². The fraction of sp³-hybridized carbons (Fsp3) is 0.308. The molecular weight excluding hydrogens is 170 g/mol. The molecule has 1 aliphatic rings. The number of hydrogen-bond acceptors (Lipinski definition) is 1. The van der Waals surface area contributed by atoms with E-state index in [0.717, 1.165) is 0 Å². The second kappa shape index (κ2) is 3.79. The third-order valence-corrected chi connectivity index (χ3v) is 2.65. The first-order valence-electron chi connectivity index (χ1n) is 5.05. The van der Waals surface area contributed by atoms with Crippen molar-refractivity contribution in [1.82, 2.24) is 4.98 Å². The van der Waals surface area contributed by atoms with E-state index in [1.165, 1.54) is 23.1 Å². The fourth-order valence-electron chi connectivity index (χ4n) is 1.93. The van der Waals surface area contributed by atoms with Gasteiger partial charge in [0.1, 0.15) is 0 Å². The molecule has 0 aromatic carbocycles. The Morgan fingerprint density at radius 2 is 2.29 bits per heavy atom. The van der Waals surface area contributed by atoms with Crippen LogP contribution in [-0.2, 0) is 0 Å². The quantitative estimate of drug-likeness (QED) is 0.653. The molecule has 1 heteroatoms. The molecule has 0 radical (unpaired) electrons. The SMILES string of the molecule is CC1=C(c2cccnc2)C=CC(C)C1. The summed E-state index contributed by atoms with van der Waals surface area (Å²) in [5.41, 5.74) is 4.04. The summed E-state index contributed by atoms with van der Waals surface area (Å²) in [6.45, 7) is 4.46. The second-order valence-corrected chi connectivity index (χ2v) is 3.98. The summed E-state index contributed by atoms with van der Waals surface area (Å²) in [7, 11) is 0. The van der Waals surface area contributed by atoms with Gasteiger partial charge < -0.3 is 0 Å². The highest BCUT2D eigenvalue weighted by Crippen LogP contribution is 2.29. The van der Waals surface area contributed by atoms with Gasteiger partial charge in [-0.05, 0) is 36.5 Å². The van der Waals surface area contributed by atoms with Crippen LogP contribution in [0, 0.1) is 5.92 Å². The predicted molar refractivity (Wildman–Crippen MR) is 59.8 cm³/mol. The van der Waals surface area contributed by atoms with Crippen LogP contribution in [0.25, 0.3) is 5.57 Å². The Bertz CT molecular complexity index is 373. The standard InChI is InChI=1S/C13H15N/c1-10-5-6-13(11(2)8-10)12-4-3-7-14-9-12/h3-7,9-10H,8H2,1-2H3. The van der Waals surface area contributed by atoms with Gasteiger partial charge in [0.25, 0.3) is 0 Å². The lowest BCUT2D eigenvalue weighted by molar-refractivity contribution is 0.710. The summed E-state index contributed by atoms with van der Waals surface area (Å²) in [6, 6.07) is 4.10. The lowest BCUT2D eigenvalue weighted by atomic mass is 9.89. The van der Waals surface area contributed by atoms with E-state index in [0.29, 0.717) is 5.92 Å². The highest BCUT2D eigenvalue weighted by Gasteiger charge is 2.10. The molecular formula is C13H15N. The van der Waals surface area contributed by atoms with E-state index in [9.17, 15) is 0 Å². The van der Waals surface area contributed by atoms with Crippen molar-refractivity contribution in [2.45, 2.75) is 20.3 Å². The molecule has 1 atom stereocenters. The zero-order chi connectivity index (χ0) is 9.97. The molecule has 0 aliphatic heterocycles. The van der Waals surface area contributed by atoms with Crippen molar-refractivity contribution in [3.8, 4) is 0 Å². The Morgan fingerprint density at radius 3 is 2.93 bits per heavy atom. The van der Waals surface area contributed by atoms with Crippen LogP contribution in [-0.4, -0.2) is 4.98 Å². The topological polar surface area (TPSA) is 12.9 Å². The molecule has 1 nitrogen and oxygen atoms in total. The molecule has 0 fully saturated rings. The van der Waals surface area contributed by atoms with E-state index in [-0.39, 0.29) is 0 Å². The van der Waals surface area contributed by atoms with Crippen LogP contribution in [0.15, 0.2) is 42.3 Å². The highest BCUT2D eigenvalue weighted by atomic mass is 14.6. The monoisotopic (exact) mass is 185 g/mol. The largest absolute Gasteiger partial charge is 0.264 e. The van der Waals surface area contributed by atoms with Gasteiger partial charge in [0, 0.05) is 12.4 Å². The first kappa shape index (κ1) is 9.20. The Hall–Kier alpha value is -1.37. The third-order valence-electron chi connectivity index (χ3n) is 2.65. The summed E-state index contributed by atoms with van der Waals surface area (Å²) in [4.78, 5) is 4.15. The maximum atomic E-state index is 4.15. The molecule has 0 amide bonds. The van der Waals surface area contributed by atoms with Crippen molar-refractivity contribution < 1.29 is 0 Å². The normalized spacial score (nSPS) is 21.4. The minimum absolute atomic E-state index is 0.676. The number of aromatic nitrogens is 1. The highest BCUT2D eigenvalue weighted by molar-refractivity contribution is 5.76. The summed E-state index contributed by atoms with van der Waals surface area (Å²) in [6.07, 6.45) is 9.41. The molecule has 0 N–H and O–H groups in total. The maximum absolute atomic E-state index is 4.15. The summed E-state index contributed by atoms with van der Waals surface area (Å²) < 4.78 is 0. The minimum Gasteiger partial charge on any atom is -0.264 e. The molecule has 0 saturated heterocycles. The number of hydrogen-bond donors (Lipinski definition) is 0. The van der Waals surface area contributed by atoms with Gasteiger partial charge in [-0.3, -0.25) is 4.98 Å². The Labute approximate surface area is 85.2 Å². The van der Waals surface area contributed by atoms with E-state index < -0.39 is 0 Å². The molecule has 1 aromatic heterocycles. The fourth-order valence-corrected chi connectivity index (χ4v) is 1.93. The molecule has 2 rings (SSSR count). The van der Waals surface area contributed by atoms with E-state index in [4.69, 9.17) is 0 Å². The van der Waals surface area contributed by atoms with Crippen molar-refractivity contribution >= 4 is 5.57 Å². The Balaban J connectivity index is 2.37. The van der Waals surface area contributed by atoms with Gasteiger partial charge in [0.05, 0.1) is 0 Å². The van der Waals surface area contributed by atoms with Gasteiger partial charge in [-0.1, -0.05) is 30.7 Å².